The van der Waals surface area contributed by atoms with Gasteiger partial charge in [-0.25, -0.2) is 4.98 Å². The summed E-state index contributed by atoms with van der Waals surface area (Å²) in [6, 6.07) is 1.78. The lowest BCUT2D eigenvalue weighted by Crippen LogP contribution is -2.47. The summed E-state index contributed by atoms with van der Waals surface area (Å²) >= 11 is 6.02. The molecule has 1 heterocycles. The van der Waals surface area contributed by atoms with Crippen LogP contribution in [0, 0.1) is 16.7 Å². The monoisotopic (exact) mass is 307 g/mol. The Hall–Kier alpha value is -1.29. The van der Waals surface area contributed by atoms with Gasteiger partial charge in [-0.15, -0.1) is 0 Å². The number of anilines is 1. The summed E-state index contributed by atoms with van der Waals surface area (Å²) in [7, 11) is 0. The minimum Gasteiger partial charge on any atom is -0.397 e. The highest BCUT2D eigenvalue weighted by atomic mass is 35.5. The van der Waals surface area contributed by atoms with Gasteiger partial charge in [-0.3, -0.25) is 4.79 Å². The average Bonchev–Trinajstić information content (AvgIpc) is 2.74. The van der Waals surface area contributed by atoms with E-state index in [2.05, 4.69) is 31.1 Å². The van der Waals surface area contributed by atoms with Crippen LogP contribution in [0.4, 0.5) is 5.69 Å². The fourth-order valence-corrected chi connectivity index (χ4v) is 4.47. The summed E-state index contributed by atoms with van der Waals surface area (Å²) in [6.45, 7) is 6.95. The fraction of sp³-hybridized carbons (Fsp3) is 0.625. The normalized spacial score (nSPS) is 33.1. The van der Waals surface area contributed by atoms with Crippen molar-refractivity contribution in [2.45, 2.75) is 46.1 Å². The van der Waals surface area contributed by atoms with Crippen LogP contribution in [0.1, 0.15) is 50.4 Å². The summed E-state index contributed by atoms with van der Waals surface area (Å²) in [5.41, 5.74) is 6.92. The lowest BCUT2D eigenvalue weighted by atomic mass is 9.69. The van der Waals surface area contributed by atoms with E-state index in [0.717, 1.165) is 6.42 Å². The number of aromatic nitrogens is 1. The SMILES string of the molecule is CC1(C)C2CCC1(C)C(NC(=O)c1cc(N)cnc1Cl)C2. The first kappa shape index (κ1) is 14.6. The highest BCUT2D eigenvalue weighted by molar-refractivity contribution is 6.32. The van der Waals surface area contributed by atoms with Crippen molar-refractivity contribution < 1.29 is 4.79 Å². The number of nitrogens with zero attached hydrogens (tertiary/aromatic N) is 1. The molecule has 0 saturated heterocycles. The predicted molar refractivity (Wildman–Crippen MR) is 84.1 cm³/mol. The van der Waals surface area contributed by atoms with Gasteiger partial charge in [0.15, 0.2) is 0 Å². The number of pyridine rings is 1. The topological polar surface area (TPSA) is 68.0 Å². The number of carbonyl (C=O) groups excluding carboxylic acids is 1. The first-order valence-corrected chi connectivity index (χ1v) is 7.85. The molecule has 0 radical (unpaired) electrons. The fourth-order valence-electron chi connectivity index (χ4n) is 4.28. The van der Waals surface area contributed by atoms with E-state index in [4.69, 9.17) is 17.3 Å². The average molecular weight is 308 g/mol. The van der Waals surface area contributed by atoms with Crippen LogP contribution >= 0.6 is 11.6 Å². The summed E-state index contributed by atoms with van der Waals surface area (Å²) in [5, 5.41) is 3.37. The van der Waals surface area contributed by atoms with Crippen molar-refractivity contribution in [3.63, 3.8) is 0 Å². The van der Waals surface area contributed by atoms with Crippen molar-refractivity contribution >= 4 is 23.2 Å². The number of carbonyl (C=O) groups is 1. The molecule has 21 heavy (non-hydrogen) atoms. The molecule has 4 nitrogen and oxygen atoms in total. The van der Waals surface area contributed by atoms with E-state index in [1.807, 2.05) is 0 Å². The van der Waals surface area contributed by atoms with Gasteiger partial charge in [-0.05, 0) is 42.1 Å². The van der Waals surface area contributed by atoms with E-state index < -0.39 is 0 Å². The smallest absolute Gasteiger partial charge is 0.254 e. The van der Waals surface area contributed by atoms with Crippen LogP contribution in [0.15, 0.2) is 12.3 Å². The van der Waals surface area contributed by atoms with E-state index in [1.54, 1.807) is 6.07 Å². The minimum atomic E-state index is -0.172. The van der Waals surface area contributed by atoms with Gasteiger partial charge in [0, 0.05) is 6.04 Å². The van der Waals surface area contributed by atoms with Crippen molar-refractivity contribution in [1.29, 1.82) is 0 Å². The van der Waals surface area contributed by atoms with Gasteiger partial charge in [0.2, 0.25) is 0 Å². The second kappa shape index (κ2) is 4.60. The first-order chi connectivity index (χ1) is 9.75. The van der Waals surface area contributed by atoms with Crippen molar-refractivity contribution in [2.24, 2.45) is 16.7 Å². The molecule has 0 aromatic carbocycles. The first-order valence-electron chi connectivity index (χ1n) is 7.47. The Balaban J connectivity index is 1.82. The zero-order valence-corrected chi connectivity index (χ0v) is 13.5. The van der Waals surface area contributed by atoms with Crippen LogP contribution in [0.2, 0.25) is 5.15 Å². The number of nitrogens with one attached hydrogen (secondary N) is 1. The molecule has 2 saturated carbocycles. The third-order valence-electron chi connectivity index (χ3n) is 6.20. The number of hydrogen-bond acceptors (Lipinski definition) is 3. The second-order valence-corrected chi connectivity index (χ2v) is 7.60. The van der Waals surface area contributed by atoms with Gasteiger partial charge in [0.05, 0.1) is 17.4 Å². The summed E-state index contributed by atoms with van der Waals surface area (Å²) < 4.78 is 0. The third kappa shape index (κ3) is 2.03. The van der Waals surface area contributed by atoms with Gasteiger partial charge in [-0.2, -0.15) is 0 Å². The molecule has 2 bridgehead atoms. The van der Waals surface area contributed by atoms with E-state index >= 15 is 0 Å². The molecule has 2 aliphatic carbocycles. The molecular weight excluding hydrogens is 286 g/mol. The molecule has 3 N–H and O–H groups in total. The van der Waals surface area contributed by atoms with Crippen molar-refractivity contribution in [3.8, 4) is 0 Å². The molecular formula is C16H22ClN3O. The molecule has 114 valence electrons. The zero-order valence-electron chi connectivity index (χ0n) is 12.7. The van der Waals surface area contributed by atoms with Gasteiger partial charge in [0.25, 0.3) is 5.91 Å². The Kier molecular flexibility index (Phi) is 3.21. The van der Waals surface area contributed by atoms with Crippen molar-refractivity contribution in [2.75, 3.05) is 5.73 Å². The maximum absolute atomic E-state index is 12.5. The second-order valence-electron chi connectivity index (χ2n) is 7.24. The highest BCUT2D eigenvalue weighted by Gasteiger charge is 2.61. The van der Waals surface area contributed by atoms with Gasteiger partial charge in [0.1, 0.15) is 5.15 Å². The Labute approximate surface area is 130 Å². The largest absolute Gasteiger partial charge is 0.397 e. The molecule has 3 atom stereocenters. The van der Waals surface area contributed by atoms with Crippen LogP contribution < -0.4 is 11.1 Å². The minimum absolute atomic E-state index is 0.146. The van der Waals surface area contributed by atoms with Gasteiger partial charge in [-0.1, -0.05) is 32.4 Å². The van der Waals surface area contributed by atoms with Gasteiger partial charge >= 0.3 is 0 Å². The highest BCUT2D eigenvalue weighted by Crippen LogP contribution is 2.65. The van der Waals surface area contributed by atoms with Gasteiger partial charge < -0.3 is 11.1 Å². The van der Waals surface area contributed by atoms with Crippen LogP contribution in [-0.4, -0.2) is 16.9 Å². The predicted octanol–water partition coefficient (Wildman–Crippen LogP) is 3.26. The molecule has 5 heteroatoms. The number of hydrogen-bond donors (Lipinski definition) is 2. The maximum atomic E-state index is 12.5. The summed E-state index contributed by atoms with van der Waals surface area (Å²) in [4.78, 5) is 16.5. The van der Waals surface area contributed by atoms with Crippen LogP contribution in [-0.2, 0) is 0 Å². The Morgan fingerprint density at radius 2 is 2.19 bits per heavy atom. The molecule has 1 aromatic heterocycles. The lowest BCUT2D eigenvalue weighted by Gasteiger charge is -2.39. The Bertz CT molecular complexity index is 601. The molecule has 1 aromatic rings. The van der Waals surface area contributed by atoms with Crippen molar-refractivity contribution in [3.05, 3.63) is 23.0 Å². The van der Waals surface area contributed by atoms with Crippen LogP contribution in [0.25, 0.3) is 0 Å². The molecule has 3 unspecified atom stereocenters. The molecule has 1 amide bonds. The van der Waals surface area contributed by atoms with E-state index in [0.29, 0.717) is 17.2 Å². The number of halogens is 1. The molecule has 3 rings (SSSR count). The number of fused-ring (bicyclic) bond motifs is 2. The van der Waals surface area contributed by atoms with Crippen LogP contribution in [0.5, 0.6) is 0 Å². The maximum Gasteiger partial charge on any atom is 0.254 e. The number of nitrogens with two attached hydrogens (primary N) is 1. The van der Waals surface area contributed by atoms with E-state index in [1.165, 1.54) is 19.0 Å². The molecule has 2 fully saturated rings. The molecule has 2 aliphatic rings. The Morgan fingerprint density at radius 1 is 1.48 bits per heavy atom. The van der Waals surface area contributed by atoms with E-state index in [-0.39, 0.29) is 27.9 Å². The quantitative estimate of drug-likeness (QED) is 0.824. The summed E-state index contributed by atoms with van der Waals surface area (Å²) in [5.74, 6) is 0.511. The van der Waals surface area contributed by atoms with Crippen LogP contribution in [0.3, 0.4) is 0 Å². The molecule has 0 aliphatic heterocycles. The number of amides is 1. The Morgan fingerprint density at radius 3 is 2.76 bits per heavy atom. The number of nitrogen functional groups attached to an aromatic ring is 1. The standard InChI is InChI=1S/C16H22ClN3O/c1-15(2)9-4-5-16(15,3)12(6-9)20-14(21)11-7-10(18)8-19-13(11)17/h7-9,12H,4-6,18H2,1-3H3,(H,20,21). The molecule has 0 spiro atoms. The van der Waals surface area contributed by atoms with Crippen molar-refractivity contribution in [1.82, 2.24) is 10.3 Å². The van der Waals surface area contributed by atoms with E-state index in [9.17, 15) is 4.79 Å². The third-order valence-corrected chi connectivity index (χ3v) is 6.51. The summed E-state index contributed by atoms with van der Waals surface area (Å²) in [6.07, 6.45) is 4.93. The number of rotatable bonds is 2. The zero-order chi connectivity index (χ0) is 15.4. The lowest BCUT2D eigenvalue weighted by molar-refractivity contribution is 0.0826.